The molecule has 0 fully saturated rings. The van der Waals surface area contributed by atoms with Gasteiger partial charge in [-0.2, -0.15) is 0 Å². The van der Waals surface area contributed by atoms with Crippen LogP contribution < -0.4 is 0 Å². The fraction of sp³-hybridized carbons (Fsp3) is 0.800. The van der Waals surface area contributed by atoms with Crippen LogP contribution in [0, 0.1) is 0 Å². The molecular weight excluding hydrogens is 200 g/mol. The predicted molar refractivity (Wildman–Crippen MR) is 55.4 cm³/mol. The summed E-state index contributed by atoms with van der Waals surface area (Å²) < 4.78 is 20.5. The largest absolute Gasteiger partial charge is 0.471 e. The Morgan fingerprint density at radius 3 is 2.60 bits per heavy atom. The molecule has 5 nitrogen and oxygen atoms in total. The zero-order valence-electron chi connectivity index (χ0n) is 9.18. The molecule has 0 amide bonds. The average molecular weight is 220 g/mol. The van der Waals surface area contributed by atoms with Crippen LogP contribution >= 0.6 is 0 Å². The van der Waals surface area contributed by atoms with Crippen molar-refractivity contribution in [2.45, 2.75) is 13.2 Å². The van der Waals surface area contributed by atoms with Gasteiger partial charge in [0.2, 0.25) is 6.29 Å². The Balaban J connectivity index is 3.32. The van der Waals surface area contributed by atoms with E-state index in [1.165, 1.54) is 6.26 Å². The van der Waals surface area contributed by atoms with Gasteiger partial charge in [0.15, 0.2) is 0 Å². The van der Waals surface area contributed by atoms with Crippen LogP contribution in [0.15, 0.2) is 12.8 Å². The van der Waals surface area contributed by atoms with Crippen LogP contribution in [0.2, 0.25) is 0 Å². The molecule has 1 unspecified atom stereocenters. The molecule has 15 heavy (non-hydrogen) atoms. The molecule has 0 heterocycles. The first-order chi connectivity index (χ1) is 7.35. The Hall–Kier alpha value is -0.620. The molecule has 0 aromatic carbocycles. The second-order valence-electron chi connectivity index (χ2n) is 2.60. The summed E-state index contributed by atoms with van der Waals surface area (Å²) in [7, 11) is 0. The first kappa shape index (κ1) is 14.4. The maximum Gasteiger partial charge on any atom is 0.222 e. The second kappa shape index (κ2) is 11.5. The summed E-state index contributed by atoms with van der Waals surface area (Å²) in [5, 5.41) is 8.43. The summed E-state index contributed by atoms with van der Waals surface area (Å²) in [5.74, 6) is 0. The number of rotatable bonds is 11. The first-order valence-electron chi connectivity index (χ1n) is 4.99. The van der Waals surface area contributed by atoms with Gasteiger partial charge in [0.1, 0.15) is 6.61 Å². The van der Waals surface area contributed by atoms with Crippen molar-refractivity contribution < 1.29 is 24.1 Å². The predicted octanol–water partition coefficient (Wildman–Crippen LogP) is 0.535. The Bertz CT molecular complexity index is 140. The van der Waals surface area contributed by atoms with Crippen LogP contribution in [-0.2, 0) is 18.9 Å². The van der Waals surface area contributed by atoms with Crippen molar-refractivity contribution in [3.05, 3.63) is 12.8 Å². The molecule has 1 atom stereocenters. The molecule has 0 spiro atoms. The normalized spacial score (nSPS) is 12.4. The monoisotopic (exact) mass is 220 g/mol. The minimum atomic E-state index is -0.412. The lowest BCUT2D eigenvalue weighted by molar-refractivity contribution is -0.142. The first-order valence-corrected chi connectivity index (χ1v) is 4.99. The van der Waals surface area contributed by atoms with E-state index in [2.05, 4.69) is 6.58 Å². The molecule has 0 bridgehead atoms. The van der Waals surface area contributed by atoms with Crippen LogP contribution in [0.25, 0.3) is 0 Å². The maximum atomic E-state index is 8.43. The Labute approximate surface area is 90.6 Å². The highest BCUT2D eigenvalue weighted by Gasteiger charge is 2.06. The van der Waals surface area contributed by atoms with E-state index in [1.54, 1.807) is 0 Å². The molecule has 0 aromatic rings. The molecule has 0 aliphatic rings. The van der Waals surface area contributed by atoms with Crippen molar-refractivity contribution in [2.75, 3.05) is 39.6 Å². The summed E-state index contributed by atoms with van der Waals surface area (Å²) in [6, 6.07) is 0. The van der Waals surface area contributed by atoms with Gasteiger partial charge in [0, 0.05) is 6.61 Å². The summed E-state index contributed by atoms with van der Waals surface area (Å²) >= 11 is 0. The third-order valence-corrected chi connectivity index (χ3v) is 1.46. The average Bonchev–Trinajstić information content (AvgIpc) is 2.24. The van der Waals surface area contributed by atoms with Gasteiger partial charge in [-0.25, -0.2) is 0 Å². The second-order valence-corrected chi connectivity index (χ2v) is 2.60. The number of aliphatic hydroxyl groups excluding tert-OH is 1. The fourth-order valence-corrected chi connectivity index (χ4v) is 0.884. The molecule has 0 aromatic heterocycles. The third-order valence-electron chi connectivity index (χ3n) is 1.46. The zero-order chi connectivity index (χ0) is 11.4. The van der Waals surface area contributed by atoms with E-state index >= 15 is 0 Å². The Morgan fingerprint density at radius 1 is 1.27 bits per heavy atom. The van der Waals surface area contributed by atoms with Crippen molar-refractivity contribution in [1.82, 2.24) is 0 Å². The standard InChI is InChI=1S/C10H20O5/c1-3-14-10(15-4-2)9-13-8-7-12-6-5-11/h3,10-11H,1,4-9H2,2H3. The van der Waals surface area contributed by atoms with Crippen LogP contribution in [0.3, 0.4) is 0 Å². The Kier molecular flexibility index (Phi) is 11.0. The minimum absolute atomic E-state index is 0.0289. The summed E-state index contributed by atoms with van der Waals surface area (Å²) in [6.07, 6.45) is 0.914. The van der Waals surface area contributed by atoms with Gasteiger partial charge in [-0.15, -0.1) is 0 Å². The molecule has 0 saturated carbocycles. The highest BCUT2D eigenvalue weighted by Crippen LogP contribution is 1.96. The lowest BCUT2D eigenvalue weighted by Crippen LogP contribution is -2.22. The van der Waals surface area contributed by atoms with Crippen molar-refractivity contribution in [2.24, 2.45) is 0 Å². The summed E-state index contributed by atoms with van der Waals surface area (Å²) in [4.78, 5) is 0. The van der Waals surface area contributed by atoms with Crippen molar-refractivity contribution in [1.29, 1.82) is 0 Å². The van der Waals surface area contributed by atoms with Gasteiger partial charge in [0.25, 0.3) is 0 Å². The smallest absolute Gasteiger partial charge is 0.222 e. The van der Waals surface area contributed by atoms with E-state index in [0.29, 0.717) is 33.0 Å². The SMILES string of the molecule is C=COC(COCCOCCO)OCC. The highest BCUT2D eigenvalue weighted by atomic mass is 16.7. The van der Waals surface area contributed by atoms with E-state index in [-0.39, 0.29) is 6.61 Å². The molecule has 5 heteroatoms. The number of hydrogen-bond acceptors (Lipinski definition) is 5. The molecule has 90 valence electrons. The van der Waals surface area contributed by atoms with E-state index in [1.807, 2.05) is 6.92 Å². The summed E-state index contributed by atoms with van der Waals surface area (Å²) in [6.45, 7) is 7.48. The van der Waals surface area contributed by atoms with Gasteiger partial charge >= 0.3 is 0 Å². The fourth-order valence-electron chi connectivity index (χ4n) is 0.884. The topological polar surface area (TPSA) is 57.2 Å². The molecular formula is C10H20O5. The molecule has 0 aliphatic carbocycles. The highest BCUT2D eigenvalue weighted by molar-refractivity contribution is 4.53. The quantitative estimate of drug-likeness (QED) is 0.313. The molecule has 1 N–H and O–H groups in total. The minimum Gasteiger partial charge on any atom is -0.471 e. The van der Waals surface area contributed by atoms with Crippen LogP contribution in [0.5, 0.6) is 0 Å². The van der Waals surface area contributed by atoms with Crippen molar-refractivity contribution in [3.8, 4) is 0 Å². The molecule has 0 aliphatic heterocycles. The van der Waals surface area contributed by atoms with Gasteiger partial charge < -0.3 is 24.1 Å². The van der Waals surface area contributed by atoms with Crippen molar-refractivity contribution >= 4 is 0 Å². The maximum absolute atomic E-state index is 8.43. The third kappa shape index (κ3) is 9.68. The lowest BCUT2D eigenvalue weighted by atomic mass is 10.6. The molecule has 0 radical (unpaired) electrons. The summed E-state index contributed by atoms with van der Waals surface area (Å²) in [5.41, 5.74) is 0. The number of ether oxygens (including phenoxy) is 4. The molecule has 0 saturated heterocycles. The Morgan fingerprint density at radius 2 is 2.00 bits per heavy atom. The van der Waals surface area contributed by atoms with E-state index in [4.69, 9.17) is 24.1 Å². The van der Waals surface area contributed by atoms with Gasteiger partial charge in [-0.3, -0.25) is 0 Å². The number of hydrogen-bond donors (Lipinski definition) is 1. The van der Waals surface area contributed by atoms with Crippen LogP contribution in [-0.4, -0.2) is 51.0 Å². The van der Waals surface area contributed by atoms with Gasteiger partial charge in [0.05, 0.1) is 32.7 Å². The number of aliphatic hydroxyl groups is 1. The van der Waals surface area contributed by atoms with Gasteiger partial charge in [-0.1, -0.05) is 6.58 Å². The van der Waals surface area contributed by atoms with Crippen LogP contribution in [0.1, 0.15) is 6.92 Å². The molecule has 0 rings (SSSR count). The lowest BCUT2D eigenvalue weighted by Gasteiger charge is -2.16. The van der Waals surface area contributed by atoms with Crippen molar-refractivity contribution in [3.63, 3.8) is 0 Å². The van der Waals surface area contributed by atoms with E-state index < -0.39 is 6.29 Å². The van der Waals surface area contributed by atoms with Crippen LogP contribution in [0.4, 0.5) is 0 Å². The zero-order valence-corrected chi connectivity index (χ0v) is 9.18. The van der Waals surface area contributed by atoms with E-state index in [0.717, 1.165) is 0 Å². The van der Waals surface area contributed by atoms with Gasteiger partial charge in [-0.05, 0) is 6.92 Å². The van der Waals surface area contributed by atoms with E-state index in [9.17, 15) is 0 Å².